The van der Waals surface area contributed by atoms with Crippen LogP contribution in [0.3, 0.4) is 0 Å². The summed E-state index contributed by atoms with van der Waals surface area (Å²) in [7, 11) is 0. The van der Waals surface area contributed by atoms with Crippen LogP contribution in [0, 0.1) is 23.2 Å². The number of nitrogens with zero attached hydrogens (tertiary/aromatic N) is 3. The predicted octanol–water partition coefficient (Wildman–Crippen LogP) is 4.00. The van der Waals surface area contributed by atoms with Crippen LogP contribution in [0.2, 0.25) is 10.0 Å². The smallest absolute Gasteiger partial charge is 0.320 e. The summed E-state index contributed by atoms with van der Waals surface area (Å²) in [6, 6.07) is 5.73. The lowest BCUT2D eigenvalue weighted by molar-refractivity contribution is -0.163. The summed E-state index contributed by atoms with van der Waals surface area (Å²) in [4.78, 5) is 33.0. The van der Waals surface area contributed by atoms with E-state index in [1.807, 2.05) is 28.0 Å². The number of amides is 3. The minimum absolute atomic E-state index is 0.00521. The van der Waals surface area contributed by atoms with E-state index < -0.39 is 0 Å². The van der Waals surface area contributed by atoms with Gasteiger partial charge in [0.2, 0.25) is 5.91 Å². The van der Waals surface area contributed by atoms with Crippen LogP contribution in [-0.4, -0.2) is 78.3 Å². The zero-order chi connectivity index (χ0) is 25.0. The molecule has 0 aromatic heterocycles. The number of carbonyl (C=O) groups excluding carboxylic acids is 2. The molecule has 6 aliphatic rings. The Morgan fingerprint density at radius 3 is 2.36 bits per heavy atom. The highest BCUT2D eigenvalue weighted by molar-refractivity contribution is 6.42. The summed E-state index contributed by atoms with van der Waals surface area (Å²) in [5.74, 6) is 1.33. The molecule has 4 bridgehead atoms. The van der Waals surface area contributed by atoms with Gasteiger partial charge in [-0.05, 0) is 80.9 Å². The molecule has 1 aromatic rings. The first-order valence-corrected chi connectivity index (χ1v) is 14.3. The van der Waals surface area contributed by atoms with Gasteiger partial charge in [0.25, 0.3) is 0 Å². The van der Waals surface area contributed by atoms with Crippen molar-refractivity contribution in [1.29, 1.82) is 0 Å². The van der Waals surface area contributed by atoms with Crippen molar-refractivity contribution in [3.8, 4) is 0 Å². The maximum atomic E-state index is 13.5. The van der Waals surface area contributed by atoms with Gasteiger partial charge in [0, 0.05) is 51.0 Å². The lowest BCUT2D eigenvalue weighted by Gasteiger charge is -2.58. The van der Waals surface area contributed by atoms with Crippen molar-refractivity contribution in [2.24, 2.45) is 23.2 Å². The number of likely N-dealkylation sites (tertiary alicyclic amines) is 1. The van der Waals surface area contributed by atoms with Crippen molar-refractivity contribution in [2.45, 2.75) is 57.1 Å². The Morgan fingerprint density at radius 1 is 0.944 bits per heavy atom. The molecule has 3 amide bonds. The molecule has 196 valence electrons. The number of carbonyl (C=O) groups is 2. The average Bonchev–Trinajstić information content (AvgIpc) is 2.88. The number of aliphatic hydroxyl groups is 1. The van der Waals surface area contributed by atoms with Crippen LogP contribution < -0.4 is 10.2 Å². The number of halogens is 2. The van der Waals surface area contributed by atoms with Crippen LogP contribution in [0.25, 0.3) is 0 Å². The minimum atomic E-state index is -0.303. The van der Waals surface area contributed by atoms with E-state index >= 15 is 0 Å². The molecule has 2 unspecified atom stereocenters. The number of piperidine rings is 1. The molecule has 2 saturated heterocycles. The van der Waals surface area contributed by atoms with E-state index in [2.05, 4.69) is 10.2 Å². The highest BCUT2D eigenvalue weighted by atomic mass is 35.5. The van der Waals surface area contributed by atoms with Gasteiger partial charge in [-0.2, -0.15) is 0 Å². The third kappa shape index (κ3) is 4.45. The number of urea groups is 1. The first kappa shape index (κ1) is 24.6. The quantitative estimate of drug-likeness (QED) is 0.614. The van der Waals surface area contributed by atoms with Gasteiger partial charge in [0.05, 0.1) is 21.6 Å². The zero-order valence-electron chi connectivity index (χ0n) is 20.7. The Morgan fingerprint density at radius 2 is 1.67 bits per heavy atom. The van der Waals surface area contributed by atoms with E-state index in [1.165, 1.54) is 0 Å². The van der Waals surface area contributed by atoms with Crippen molar-refractivity contribution < 1.29 is 14.7 Å². The van der Waals surface area contributed by atoms with Crippen molar-refractivity contribution in [3.63, 3.8) is 0 Å². The van der Waals surface area contributed by atoms with Gasteiger partial charge in [0.15, 0.2) is 0 Å². The van der Waals surface area contributed by atoms with Gasteiger partial charge in [-0.3, -0.25) is 4.79 Å². The second kappa shape index (κ2) is 9.55. The van der Waals surface area contributed by atoms with Gasteiger partial charge < -0.3 is 25.1 Å². The highest BCUT2D eigenvalue weighted by Gasteiger charge is 2.58. The molecular weight excluding hydrogens is 499 g/mol. The molecule has 36 heavy (non-hydrogen) atoms. The maximum absolute atomic E-state index is 13.5. The first-order chi connectivity index (χ1) is 17.3. The number of aliphatic hydroxyl groups excluding tert-OH is 1. The summed E-state index contributed by atoms with van der Waals surface area (Å²) in [5, 5.41) is 15.0. The molecule has 0 spiro atoms. The molecule has 4 saturated carbocycles. The van der Waals surface area contributed by atoms with Crippen molar-refractivity contribution >= 4 is 40.8 Å². The predicted molar refractivity (Wildman–Crippen MR) is 140 cm³/mol. The van der Waals surface area contributed by atoms with Crippen molar-refractivity contribution in [1.82, 2.24) is 15.1 Å². The molecular formula is C27H36Cl2N4O3. The maximum Gasteiger partial charge on any atom is 0.320 e. The third-order valence-corrected chi connectivity index (χ3v) is 10.3. The standard InChI is InChI=1S/C27H36Cl2N4O3/c28-22-4-3-21(12-23(22)29)31-6-8-32(9-7-31)26(36)33-5-1-2-20(16-33)30-25(35)27-13-17-10-18(14-27)24(34)19(11-17)15-27/h3-4,12,17-20,24,34H,1-2,5-11,13-16H2,(H,30,35)/t17?,18?,19?,20-,24?,27?/m0/s1. The zero-order valence-corrected chi connectivity index (χ0v) is 22.2. The topological polar surface area (TPSA) is 76.1 Å². The third-order valence-electron chi connectivity index (χ3n) is 9.55. The monoisotopic (exact) mass is 534 g/mol. The molecule has 7 rings (SSSR count). The number of piperazine rings is 1. The SMILES string of the molecule is O=C(N1CCN(c2ccc(Cl)c(Cl)c2)CC1)N1CCC[C@H](NC(=O)C23CC4CC(C2)C(O)C(C4)C3)C1. The first-order valence-electron chi connectivity index (χ1n) is 13.5. The normalized spacial score (nSPS) is 35.8. The Labute approximate surface area is 223 Å². The summed E-state index contributed by atoms with van der Waals surface area (Å²) < 4.78 is 0. The van der Waals surface area contributed by atoms with Crippen LogP contribution in [0.5, 0.6) is 0 Å². The van der Waals surface area contributed by atoms with E-state index in [0.29, 0.717) is 35.6 Å². The second-order valence-electron chi connectivity index (χ2n) is 11.9. The molecule has 4 aliphatic carbocycles. The number of hydrogen-bond donors (Lipinski definition) is 2. The number of nitrogens with one attached hydrogen (secondary N) is 1. The van der Waals surface area contributed by atoms with E-state index in [-0.39, 0.29) is 41.3 Å². The molecule has 2 N–H and O–H groups in total. The Balaban J connectivity index is 1.03. The van der Waals surface area contributed by atoms with Gasteiger partial charge >= 0.3 is 6.03 Å². The highest BCUT2D eigenvalue weighted by Crippen LogP contribution is 2.60. The summed E-state index contributed by atoms with van der Waals surface area (Å²) in [6.07, 6.45) is 6.37. The molecule has 7 nitrogen and oxygen atoms in total. The van der Waals surface area contributed by atoms with E-state index in [4.69, 9.17) is 23.2 Å². The lowest BCUT2D eigenvalue weighted by Crippen LogP contribution is -2.61. The number of rotatable bonds is 3. The molecule has 0 radical (unpaired) electrons. The second-order valence-corrected chi connectivity index (χ2v) is 12.7. The van der Waals surface area contributed by atoms with Gasteiger partial charge in [-0.1, -0.05) is 23.2 Å². The average molecular weight is 536 g/mol. The van der Waals surface area contributed by atoms with E-state index in [1.54, 1.807) is 0 Å². The van der Waals surface area contributed by atoms with E-state index in [9.17, 15) is 14.7 Å². The van der Waals surface area contributed by atoms with Gasteiger partial charge in [-0.25, -0.2) is 4.79 Å². The van der Waals surface area contributed by atoms with E-state index in [0.717, 1.165) is 70.3 Å². The summed E-state index contributed by atoms with van der Waals surface area (Å²) in [6.45, 7) is 4.11. The van der Waals surface area contributed by atoms with Crippen LogP contribution in [-0.2, 0) is 4.79 Å². The minimum Gasteiger partial charge on any atom is -0.393 e. The number of anilines is 1. The molecule has 2 heterocycles. The Hall–Kier alpha value is -1.70. The summed E-state index contributed by atoms with van der Waals surface area (Å²) in [5.41, 5.74) is 0.720. The van der Waals surface area contributed by atoms with Crippen LogP contribution in [0.15, 0.2) is 18.2 Å². The van der Waals surface area contributed by atoms with Crippen molar-refractivity contribution in [2.75, 3.05) is 44.2 Å². The Bertz CT molecular complexity index is 1010. The van der Waals surface area contributed by atoms with Crippen LogP contribution in [0.4, 0.5) is 10.5 Å². The lowest BCUT2D eigenvalue weighted by atomic mass is 9.48. The number of hydrogen-bond acceptors (Lipinski definition) is 4. The molecule has 6 fully saturated rings. The summed E-state index contributed by atoms with van der Waals surface area (Å²) >= 11 is 12.2. The largest absolute Gasteiger partial charge is 0.393 e. The van der Waals surface area contributed by atoms with Gasteiger partial charge in [0.1, 0.15) is 0 Å². The Kier molecular flexibility index (Phi) is 6.54. The van der Waals surface area contributed by atoms with Crippen molar-refractivity contribution in [3.05, 3.63) is 28.2 Å². The number of benzene rings is 1. The molecule has 1 aromatic carbocycles. The van der Waals surface area contributed by atoms with Gasteiger partial charge in [-0.15, -0.1) is 0 Å². The fraction of sp³-hybridized carbons (Fsp3) is 0.704. The molecule has 2 aliphatic heterocycles. The van der Waals surface area contributed by atoms with Crippen LogP contribution >= 0.6 is 23.2 Å². The van der Waals surface area contributed by atoms with Crippen LogP contribution in [0.1, 0.15) is 44.9 Å². The fourth-order valence-corrected chi connectivity index (χ4v) is 8.21. The fourth-order valence-electron chi connectivity index (χ4n) is 7.92. The molecule has 9 heteroatoms. The molecule has 3 atom stereocenters.